The number of carbonyl (C=O) groups is 1. The van der Waals surface area contributed by atoms with Crippen LogP contribution in [0.4, 0.5) is 0 Å². The number of ether oxygens (including phenoxy) is 1. The van der Waals surface area contributed by atoms with Gasteiger partial charge in [-0.3, -0.25) is 4.79 Å². The quantitative estimate of drug-likeness (QED) is 0.538. The van der Waals surface area contributed by atoms with Crippen LogP contribution >= 0.6 is 0 Å². The third kappa shape index (κ3) is 1.72. The van der Waals surface area contributed by atoms with Gasteiger partial charge in [0.15, 0.2) is 0 Å². The van der Waals surface area contributed by atoms with Gasteiger partial charge in [0.05, 0.1) is 12.5 Å². The van der Waals surface area contributed by atoms with Gasteiger partial charge in [0.25, 0.3) is 0 Å². The molecular formula is C11H18O2. The summed E-state index contributed by atoms with van der Waals surface area (Å²) in [5.41, 5.74) is 0.367. The van der Waals surface area contributed by atoms with Crippen LogP contribution in [0, 0.1) is 11.3 Å². The van der Waals surface area contributed by atoms with Gasteiger partial charge in [-0.2, -0.15) is 0 Å². The Kier molecular flexibility index (Phi) is 2.31. The predicted octanol–water partition coefficient (Wildman–Crippen LogP) is 2.52. The molecule has 0 bridgehead atoms. The number of hydrogen-bond donors (Lipinski definition) is 0. The van der Waals surface area contributed by atoms with Gasteiger partial charge in [-0.25, -0.2) is 0 Å². The lowest BCUT2D eigenvalue weighted by Gasteiger charge is -2.41. The normalized spacial score (nSPS) is 33.0. The molecule has 2 heteroatoms. The number of cyclic esters (lactones) is 1. The molecule has 1 atom stereocenters. The molecule has 1 aliphatic carbocycles. The highest BCUT2D eigenvalue weighted by Gasteiger charge is 2.40. The maximum Gasteiger partial charge on any atom is 0.308 e. The van der Waals surface area contributed by atoms with E-state index < -0.39 is 0 Å². The molecule has 1 saturated carbocycles. The van der Waals surface area contributed by atoms with E-state index in [1.165, 1.54) is 32.1 Å². The summed E-state index contributed by atoms with van der Waals surface area (Å²) in [6, 6.07) is 0. The molecule has 0 amide bonds. The molecule has 0 aromatic rings. The van der Waals surface area contributed by atoms with Crippen molar-refractivity contribution in [3.63, 3.8) is 0 Å². The lowest BCUT2D eigenvalue weighted by Crippen LogP contribution is -2.39. The molecule has 1 saturated heterocycles. The Morgan fingerprint density at radius 2 is 2.00 bits per heavy atom. The molecule has 0 aromatic heterocycles. The van der Waals surface area contributed by atoms with Crippen LogP contribution in [0.5, 0.6) is 0 Å². The second kappa shape index (κ2) is 3.32. The van der Waals surface area contributed by atoms with E-state index in [4.69, 9.17) is 4.74 Å². The minimum atomic E-state index is 0.0104. The first kappa shape index (κ1) is 9.04. The zero-order valence-corrected chi connectivity index (χ0v) is 8.34. The molecule has 1 heterocycles. The van der Waals surface area contributed by atoms with Crippen LogP contribution in [0.25, 0.3) is 0 Å². The second-order valence-corrected chi connectivity index (χ2v) is 4.77. The van der Waals surface area contributed by atoms with Crippen molar-refractivity contribution in [2.24, 2.45) is 11.3 Å². The molecule has 0 radical (unpaired) electrons. The molecule has 0 unspecified atom stereocenters. The van der Waals surface area contributed by atoms with Gasteiger partial charge in [-0.05, 0) is 19.3 Å². The largest absolute Gasteiger partial charge is 0.465 e. The van der Waals surface area contributed by atoms with Crippen molar-refractivity contribution >= 4 is 5.97 Å². The van der Waals surface area contributed by atoms with Crippen molar-refractivity contribution in [2.45, 2.75) is 45.4 Å². The number of esters is 1. The van der Waals surface area contributed by atoms with Crippen molar-refractivity contribution < 1.29 is 9.53 Å². The fourth-order valence-corrected chi connectivity index (χ4v) is 2.81. The Labute approximate surface area is 79.7 Å². The van der Waals surface area contributed by atoms with Crippen molar-refractivity contribution in [1.29, 1.82) is 0 Å². The van der Waals surface area contributed by atoms with E-state index in [0.717, 1.165) is 6.42 Å². The van der Waals surface area contributed by atoms with Gasteiger partial charge >= 0.3 is 5.97 Å². The van der Waals surface area contributed by atoms with Crippen molar-refractivity contribution in [3.05, 3.63) is 0 Å². The first-order valence-corrected chi connectivity index (χ1v) is 5.39. The number of rotatable bonds is 0. The summed E-state index contributed by atoms with van der Waals surface area (Å²) in [6.45, 7) is 2.69. The van der Waals surface area contributed by atoms with E-state index in [-0.39, 0.29) is 11.9 Å². The van der Waals surface area contributed by atoms with E-state index in [0.29, 0.717) is 12.0 Å². The molecule has 2 aliphatic rings. The second-order valence-electron chi connectivity index (χ2n) is 4.77. The molecule has 2 rings (SSSR count). The van der Waals surface area contributed by atoms with Crippen LogP contribution in [0.15, 0.2) is 0 Å². The Bertz CT molecular complexity index is 204. The third-order valence-electron chi connectivity index (χ3n) is 3.58. The zero-order chi connectivity index (χ0) is 9.31. The topological polar surface area (TPSA) is 26.3 Å². The molecule has 13 heavy (non-hydrogen) atoms. The van der Waals surface area contributed by atoms with Crippen LogP contribution in [-0.4, -0.2) is 12.6 Å². The van der Waals surface area contributed by atoms with Crippen molar-refractivity contribution in [2.75, 3.05) is 6.61 Å². The third-order valence-corrected chi connectivity index (χ3v) is 3.58. The standard InChI is InChI=1S/C11H18O2/c1-9-7-11(8-13-10(9)12)5-3-2-4-6-11/h9H,2-8H2,1H3/t9-/m0/s1. The summed E-state index contributed by atoms with van der Waals surface area (Å²) >= 11 is 0. The monoisotopic (exact) mass is 182 g/mol. The first-order chi connectivity index (χ1) is 6.22. The lowest BCUT2D eigenvalue weighted by molar-refractivity contribution is -0.163. The molecular weight excluding hydrogens is 164 g/mol. The van der Waals surface area contributed by atoms with Crippen molar-refractivity contribution in [1.82, 2.24) is 0 Å². The fourth-order valence-electron chi connectivity index (χ4n) is 2.81. The molecule has 1 spiro atoms. The maximum absolute atomic E-state index is 11.2. The summed E-state index contributed by atoms with van der Waals surface area (Å²) < 4.78 is 5.24. The summed E-state index contributed by atoms with van der Waals surface area (Å²) in [5, 5.41) is 0. The van der Waals surface area contributed by atoms with E-state index in [2.05, 4.69) is 0 Å². The van der Waals surface area contributed by atoms with E-state index in [1.807, 2.05) is 6.92 Å². The van der Waals surface area contributed by atoms with Gasteiger partial charge in [-0.1, -0.05) is 26.2 Å². The Morgan fingerprint density at radius 1 is 1.31 bits per heavy atom. The predicted molar refractivity (Wildman–Crippen MR) is 50.3 cm³/mol. The van der Waals surface area contributed by atoms with Gasteiger partial charge < -0.3 is 4.74 Å². The van der Waals surface area contributed by atoms with Crippen LogP contribution in [0.3, 0.4) is 0 Å². The van der Waals surface area contributed by atoms with Crippen LogP contribution in [-0.2, 0) is 9.53 Å². The average molecular weight is 182 g/mol. The van der Waals surface area contributed by atoms with Gasteiger partial charge in [-0.15, -0.1) is 0 Å². The zero-order valence-electron chi connectivity index (χ0n) is 8.34. The minimum Gasteiger partial charge on any atom is -0.465 e. The smallest absolute Gasteiger partial charge is 0.308 e. The maximum atomic E-state index is 11.2. The van der Waals surface area contributed by atoms with E-state index >= 15 is 0 Å². The van der Waals surface area contributed by atoms with Crippen LogP contribution in [0.2, 0.25) is 0 Å². The molecule has 2 nitrogen and oxygen atoms in total. The van der Waals surface area contributed by atoms with E-state index in [9.17, 15) is 4.79 Å². The summed E-state index contributed by atoms with van der Waals surface area (Å²) in [6.07, 6.45) is 7.61. The number of hydrogen-bond acceptors (Lipinski definition) is 2. The van der Waals surface area contributed by atoms with Gasteiger partial charge in [0, 0.05) is 5.41 Å². The van der Waals surface area contributed by atoms with Gasteiger partial charge in [0.2, 0.25) is 0 Å². The summed E-state index contributed by atoms with van der Waals surface area (Å²) in [7, 11) is 0. The van der Waals surface area contributed by atoms with Crippen LogP contribution < -0.4 is 0 Å². The Morgan fingerprint density at radius 3 is 2.62 bits per heavy atom. The molecule has 2 fully saturated rings. The fraction of sp³-hybridized carbons (Fsp3) is 0.909. The highest BCUT2D eigenvalue weighted by atomic mass is 16.5. The SMILES string of the molecule is C[C@H]1CC2(CCCCC2)COC1=O. The summed E-state index contributed by atoms with van der Waals surface area (Å²) in [5.74, 6) is 0.142. The summed E-state index contributed by atoms with van der Waals surface area (Å²) in [4.78, 5) is 11.2. The Balaban J connectivity index is 2.02. The number of carbonyl (C=O) groups excluding carboxylic acids is 1. The minimum absolute atomic E-state index is 0.0104. The average Bonchev–Trinajstić information content (AvgIpc) is 2.14. The molecule has 0 aromatic carbocycles. The van der Waals surface area contributed by atoms with Crippen LogP contribution in [0.1, 0.15) is 45.4 Å². The van der Waals surface area contributed by atoms with E-state index in [1.54, 1.807) is 0 Å². The molecule has 0 N–H and O–H groups in total. The van der Waals surface area contributed by atoms with Crippen molar-refractivity contribution in [3.8, 4) is 0 Å². The first-order valence-electron chi connectivity index (χ1n) is 5.39. The molecule has 1 aliphatic heterocycles. The Hall–Kier alpha value is -0.530. The lowest BCUT2D eigenvalue weighted by atomic mass is 9.69. The highest BCUT2D eigenvalue weighted by Crippen LogP contribution is 2.44. The molecule has 74 valence electrons. The highest BCUT2D eigenvalue weighted by molar-refractivity contribution is 5.72. The van der Waals surface area contributed by atoms with Gasteiger partial charge in [0.1, 0.15) is 0 Å².